The van der Waals surface area contributed by atoms with Crippen LogP contribution in [-0.4, -0.2) is 57.2 Å². The predicted octanol–water partition coefficient (Wildman–Crippen LogP) is 27.5. The number of ether oxygens (including phenoxy) is 4. The number of carbonyl (C=O) groups is 2. The standard InChI is InChI=1S/C96H117N5O6/c1-7-10-13-16-19-22-25-28-31-34-65-104-79-51-43-71(44-52-79)91-84-59-57-82(98-84)90(70-41-49-78(50-42-70)97-94(102)74-37-39-75-68-77(69-76(75)40-38-74)95(103)107-96(4,5)6)83-58-60-85(99-83)92(72-45-53-80(54-46-72)105-66-35-32-29-26-23-20-17-14-11-8-2)87-62-64-89(101-87)93(88-63-61-86(91)100-88)73-47-55-81(56-48-73)106-67-36-33-30-27-24-21-18-15-12-9-3/h37-64,68-69,98,101H,7-36,65-67H2,1-6H3,(H,97,102). The van der Waals surface area contributed by atoms with Crippen LogP contribution >= 0.6 is 0 Å². The van der Waals surface area contributed by atoms with E-state index in [0.29, 0.717) is 36.6 Å². The number of hydrogen-bond acceptors (Lipinski definition) is 8. The van der Waals surface area contributed by atoms with Crippen LogP contribution in [0.3, 0.4) is 0 Å². The van der Waals surface area contributed by atoms with Crippen LogP contribution in [0.1, 0.15) is 278 Å². The molecule has 107 heavy (non-hydrogen) atoms. The molecule has 0 unspecified atom stereocenters. The van der Waals surface area contributed by atoms with Crippen LogP contribution in [0.15, 0.2) is 158 Å². The van der Waals surface area contributed by atoms with Gasteiger partial charge in [0.15, 0.2) is 0 Å². The highest BCUT2D eigenvalue weighted by molar-refractivity contribution is 6.05. The molecule has 3 N–H and O–H groups in total. The fourth-order valence-corrected chi connectivity index (χ4v) is 14.7. The molecular weight excluding hydrogens is 1320 g/mol. The van der Waals surface area contributed by atoms with Gasteiger partial charge in [0.05, 0.1) is 48.2 Å². The van der Waals surface area contributed by atoms with Crippen LogP contribution < -0.4 is 19.5 Å². The van der Waals surface area contributed by atoms with Crippen molar-refractivity contribution in [2.45, 2.75) is 240 Å². The average Bonchev–Trinajstić information content (AvgIpc) is 1.61. The molecule has 0 spiro atoms. The van der Waals surface area contributed by atoms with Crippen molar-refractivity contribution in [3.05, 3.63) is 192 Å². The summed E-state index contributed by atoms with van der Waals surface area (Å²) in [7, 11) is 0. The van der Waals surface area contributed by atoms with Gasteiger partial charge in [0.1, 0.15) is 22.8 Å². The number of rotatable bonds is 43. The molecule has 11 heteroatoms. The van der Waals surface area contributed by atoms with Crippen LogP contribution in [0.4, 0.5) is 5.69 Å². The largest absolute Gasteiger partial charge is 0.494 e. The minimum absolute atomic E-state index is 0.260. The van der Waals surface area contributed by atoms with Gasteiger partial charge in [-0.05, 0) is 195 Å². The third kappa shape index (κ3) is 23.3. The van der Waals surface area contributed by atoms with E-state index in [-0.39, 0.29) is 11.9 Å². The summed E-state index contributed by atoms with van der Waals surface area (Å²) in [5, 5.41) is 3.15. The maximum atomic E-state index is 14.1. The van der Waals surface area contributed by atoms with Crippen LogP contribution in [-0.2, 0) is 4.74 Å². The number of fused-ring (bicyclic) bond motifs is 9. The monoisotopic (exact) mass is 1440 g/mol. The number of H-pyrrole nitrogens is 2. The van der Waals surface area contributed by atoms with Gasteiger partial charge in [0.25, 0.3) is 5.91 Å². The summed E-state index contributed by atoms with van der Waals surface area (Å²) in [6.07, 6.45) is 46.9. The van der Waals surface area contributed by atoms with Crippen LogP contribution in [0.5, 0.6) is 17.2 Å². The normalized spacial score (nSPS) is 11.9. The molecule has 3 aromatic heterocycles. The zero-order chi connectivity index (χ0) is 74.4. The number of nitrogens with one attached hydrogen (secondary N) is 3. The Bertz CT molecular complexity index is 4370. The molecule has 4 aliphatic rings. The van der Waals surface area contributed by atoms with Gasteiger partial charge < -0.3 is 34.2 Å². The Morgan fingerprint density at radius 3 is 0.888 bits per heavy atom. The second-order valence-electron chi connectivity index (χ2n) is 30.5. The molecule has 0 atom stereocenters. The molecule has 4 aromatic carbocycles. The van der Waals surface area contributed by atoms with Crippen molar-refractivity contribution >= 4 is 63.9 Å². The number of hydrogen-bond donors (Lipinski definition) is 3. The topological polar surface area (TPSA) is 140 Å². The summed E-state index contributed by atoms with van der Waals surface area (Å²) in [5.74, 6) is 1.90. The summed E-state index contributed by atoms with van der Waals surface area (Å²) < 4.78 is 24.9. The maximum absolute atomic E-state index is 14.1. The number of unbranched alkanes of at least 4 members (excludes halogenated alkanes) is 27. The van der Waals surface area contributed by atoms with E-state index >= 15 is 0 Å². The number of amides is 1. The van der Waals surface area contributed by atoms with Crippen molar-refractivity contribution in [1.29, 1.82) is 0 Å². The Morgan fingerprint density at radius 1 is 0.327 bits per heavy atom. The Kier molecular flexibility index (Phi) is 30.1. The van der Waals surface area contributed by atoms with E-state index in [1.54, 1.807) is 24.3 Å². The summed E-state index contributed by atoms with van der Waals surface area (Å²) in [4.78, 5) is 46.2. The van der Waals surface area contributed by atoms with E-state index in [1.165, 1.54) is 173 Å². The number of benzene rings is 4. The maximum Gasteiger partial charge on any atom is 0.338 e. The lowest BCUT2D eigenvalue weighted by Crippen LogP contribution is -2.23. The first-order valence-electron chi connectivity index (χ1n) is 41.0. The van der Waals surface area contributed by atoms with E-state index < -0.39 is 5.60 Å². The van der Waals surface area contributed by atoms with Crippen molar-refractivity contribution in [2.75, 3.05) is 25.1 Å². The fraction of sp³-hybridized carbons (Fsp3) is 0.417. The van der Waals surface area contributed by atoms with Crippen LogP contribution in [0.25, 0.3) is 102 Å². The lowest BCUT2D eigenvalue weighted by atomic mass is 10.0. The Hall–Kier alpha value is -9.48. The van der Waals surface area contributed by atoms with Crippen molar-refractivity contribution in [3.63, 3.8) is 0 Å². The first kappa shape index (κ1) is 78.6. The molecule has 2 aliphatic carbocycles. The Morgan fingerprint density at radius 2 is 0.598 bits per heavy atom. The van der Waals surface area contributed by atoms with Gasteiger partial charge >= 0.3 is 5.97 Å². The summed E-state index contributed by atoms with van der Waals surface area (Å²) in [6.45, 7) is 14.5. The molecule has 11 rings (SSSR count). The number of anilines is 1. The van der Waals surface area contributed by atoms with Gasteiger partial charge in [-0.2, -0.15) is 0 Å². The van der Waals surface area contributed by atoms with Gasteiger partial charge in [0.2, 0.25) is 0 Å². The highest BCUT2D eigenvalue weighted by atomic mass is 16.6. The van der Waals surface area contributed by atoms with Gasteiger partial charge in [-0.3, -0.25) is 4.79 Å². The zero-order valence-corrected chi connectivity index (χ0v) is 65.0. The van der Waals surface area contributed by atoms with E-state index in [9.17, 15) is 9.59 Å². The first-order chi connectivity index (χ1) is 52.4. The number of carbonyl (C=O) groups excluding carboxylic acids is 2. The molecule has 7 aromatic rings. The molecule has 1 amide bonds. The first-order valence-corrected chi connectivity index (χ1v) is 41.0. The number of aromatic nitrogens is 4. The third-order valence-corrected chi connectivity index (χ3v) is 20.7. The summed E-state index contributed by atoms with van der Waals surface area (Å²) >= 11 is 0. The lowest BCUT2D eigenvalue weighted by molar-refractivity contribution is 0.00697. The third-order valence-electron chi connectivity index (χ3n) is 20.7. The SMILES string of the molecule is CCCCCCCCCCCCOc1ccc(-c2c3nc(c(-c4ccc(OCCCCCCCCCCCC)cc4)c4ccc([nH]4)c(-c4ccc(OCCCCCCCCCCCC)cc4)c4nc(c(-c5ccc(NC(=O)c6ccc7cc(C(=O)OC(C)(C)C)cc-7cc6)cc5)c5ccc2[nH]5)C=C4)C=C3)cc1. The van der Waals surface area contributed by atoms with E-state index in [4.69, 9.17) is 28.9 Å². The van der Waals surface area contributed by atoms with Crippen molar-refractivity contribution in [2.24, 2.45) is 0 Å². The molecule has 5 heterocycles. The highest BCUT2D eigenvalue weighted by Gasteiger charge is 2.23. The molecule has 0 fully saturated rings. The molecular formula is C96H117N5O6. The summed E-state index contributed by atoms with van der Waals surface area (Å²) in [6, 6.07) is 53.1. The number of esters is 1. The smallest absolute Gasteiger partial charge is 0.338 e. The average molecular weight is 1440 g/mol. The lowest BCUT2D eigenvalue weighted by Gasteiger charge is -2.18. The van der Waals surface area contributed by atoms with Gasteiger partial charge in [0, 0.05) is 55.6 Å². The molecule has 11 nitrogen and oxygen atoms in total. The van der Waals surface area contributed by atoms with E-state index in [1.807, 2.05) is 57.2 Å². The second-order valence-corrected chi connectivity index (χ2v) is 30.5. The Labute approximate surface area is 638 Å². The summed E-state index contributed by atoms with van der Waals surface area (Å²) in [5.41, 5.74) is 17.0. The number of aromatic amines is 2. The minimum atomic E-state index is -0.616. The second kappa shape index (κ2) is 41.0. The van der Waals surface area contributed by atoms with Crippen molar-refractivity contribution in [1.82, 2.24) is 19.9 Å². The zero-order valence-electron chi connectivity index (χ0n) is 65.0. The molecule has 0 saturated carbocycles. The van der Waals surface area contributed by atoms with E-state index in [0.717, 1.165) is 137 Å². The van der Waals surface area contributed by atoms with Crippen molar-refractivity contribution in [3.8, 4) is 72.9 Å². The van der Waals surface area contributed by atoms with Gasteiger partial charge in [-0.15, -0.1) is 0 Å². The predicted molar refractivity (Wildman–Crippen MR) is 449 cm³/mol. The Balaban J connectivity index is 0.946. The van der Waals surface area contributed by atoms with Crippen molar-refractivity contribution < 1.29 is 28.5 Å². The quantitative estimate of drug-likeness (QED) is 0.0254. The molecule has 562 valence electrons. The van der Waals surface area contributed by atoms with Crippen LogP contribution in [0, 0.1) is 0 Å². The number of nitrogens with zero attached hydrogens (tertiary/aromatic N) is 2. The molecule has 0 radical (unpaired) electrons. The highest BCUT2D eigenvalue weighted by Crippen LogP contribution is 2.41. The minimum Gasteiger partial charge on any atom is -0.494 e. The fourth-order valence-electron chi connectivity index (χ4n) is 14.7. The molecule has 0 saturated heterocycles. The molecule has 2 aliphatic heterocycles. The van der Waals surface area contributed by atoms with Crippen LogP contribution in [0.2, 0.25) is 0 Å². The van der Waals surface area contributed by atoms with Gasteiger partial charge in [-0.1, -0.05) is 255 Å². The van der Waals surface area contributed by atoms with E-state index in [2.05, 4.69) is 157 Å². The molecule has 8 bridgehead atoms. The van der Waals surface area contributed by atoms with Gasteiger partial charge in [-0.25, -0.2) is 14.8 Å².